The monoisotopic (exact) mass is 451 g/mol. The van der Waals surface area contributed by atoms with Crippen LogP contribution in [0, 0.1) is 23.7 Å². The molecule has 1 aromatic carbocycles. The average Bonchev–Trinajstić information content (AvgIpc) is 2.82. The number of ketones is 2. The van der Waals surface area contributed by atoms with E-state index < -0.39 is 5.67 Å². The lowest BCUT2D eigenvalue weighted by atomic mass is 9.93. The van der Waals surface area contributed by atoms with Crippen molar-refractivity contribution >= 4 is 17.8 Å². The number of carbonyl (C=O) groups is 2. The Morgan fingerprint density at radius 2 is 1.85 bits per heavy atom. The topological polar surface area (TPSA) is 58.0 Å². The van der Waals surface area contributed by atoms with Gasteiger partial charge in [0, 0.05) is 17.7 Å². The number of nitrogens with one attached hydrogen (secondary N) is 1. The molecule has 0 aliphatic heterocycles. The summed E-state index contributed by atoms with van der Waals surface area (Å²) in [6.07, 6.45) is 14.5. The Labute approximate surface area is 199 Å². The molecule has 1 N–H and O–H groups in total. The number of hydrogen-bond donors (Lipinski definition) is 1. The lowest BCUT2D eigenvalue weighted by molar-refractivity contribution is -0.111. The number of halogens is 1. The molecule has 0 amide bonds. The summed E-state index contributed by atoms with van der Waals surface area (Å²) in [5.74, 6) is 2.94. The van der Waals surface area contributed by atoms with Crippen molar-refractivity contribution < 1.29 is 14.0 Å². The molecule has 1 rings (SSSR count). The van der Waals surface area contributed by atoms with E-state index in [4.69, 9.17) is 11.8 Å². The molecular weight excluding hydrogens is 413 g/mol. The number of hydrogen-bond acceptors (Lipinski definition) is 3. The zero-order valence-electron chi connectivity index (χ0n) is 20.5. The molecule has 0 heterocycles. The minimum absolute atomic E-state index is 0.0530. The highest BCUT2D eigenvalue weighted by Gasteiger charge is 2.23. The third kappa shape index (κ3) is 10.9. The summed E-state index contributed by atoms with van der Waals surface area (Å²) in [6, 6.07) is 6.56. The van der Waals surface area contributed by atoms with Crippen molar-refractivity contribution in [2.24, 2.45) is 5.92 Å². The zero-order chi connectivity index (χ0) is 25.4. The number of terminal acetylenes is 1. The highest BCUT2D eigenvalue weighted by atomic mass is 19.1. The van der Waals surface area contributed by atoms with Crippen LogP contribution in [0.5, 0.6) is 0 Å². The van der Waals surface area contributed by atoms with E-state index in [-0.39, 0.29) is 11.6 Å². The maximum atomic E-state index is 14.0. The number of benzene rings is 1. The third-order valence-electron chi connectivity index (χ3n) is 5.54. The summed E-state index contributed by atoms with van der Waals surface area (Å²) < 4.78 is 14.0. The van der Waals surface area contributed by atoms with Crippen LogP contribution in [0.2, 0.25) is 0 Å². The maximum absolute atomic E-state index is 14.0. The fourth-order valence-electron chi connectivity index (χ4n) is 3.09. The molecule has 0 aromatic heterocycles. The molecule has 33 heavy (non-hydrogen) atoms. The summed E-state index contributed by atoms with van der Waals surface area (Å²) in [6.45, 7) is 14.3. The maximum Gasteiger partial charge on any atom is 0.188 e. The Hall–Kier alpha value is -3.06. The highest BCUT2D eigenvalue weighted by Crippen LogP contribution is 2.29. The molecule has 0 radical (unpaired) electrons. The fourth-order valence-corrected chi connectivity index (χ4v) is 3.09. The summed E-state index contributed by atoms with van der Waals surface area (Å²) >= 11 is 0. The average molecular weight is 452 g/mol. The molecule has 1 aromatic rings. The number of rotatable bonds is 13. The van der Waals surface area contributed by atoms with E-state index in [1.54, 1.807) is 38.1 Å². The van der Waals surface area contributed by atoms with Gasteiger partial charge in [-0.15, -0.1) is 12.3 Å². The van der Waals surface area contributed by atoms with Crippen molar-refractivity contribution in [1.29, 1.82) is 5.41 Å². The summed E-state index contributed by atoms with van der Waals surface area (Å²) in [5, 5.41) is 6.93. The molecular formula is C29H38FNO2. The minimum Gasteiger partial charge on any atom is -0.309 e. The fraction of sp³-hybridized carbons (Fsp3) is 0.414. The third-order valence-corrected chi connectivity index (χ3v) is 5.54. The van der Waals surface area contributed by atoms with Crippen LogP contribution in [0.4, 0.5) is 4.39 Å². The van der Waals surface area contributed by atoms with E-state index in [9.17, 15) is 14.0 Å². The zero-order valence-corrected chi connectivity index (χ0v) is 20.5. The van der Waals surface area contributed by atoms with E-state index in [1.165, 1.54) is 19.1 Å². The first-order valence-corrected chi connectivity index (χ1v) is 11.4. The van der Waals surface area contributed by atoms with Crippen LogP contribution in [-0.2, 0) is 10.5 Å². The van der Waals surface area contributed by atoms with Crippen molar-refractivity contribution in [3.05, 3.63) is 71.8 Å². The first kappa shape index (κ1) is 29.9. The molecule has 0 saturated heterocycles. The number of allylic oxidation sites excluding steroid dienone is 4. The van der Waals surface area contributed by atoms with Crippen LogP contribution in [0.25, 0.3) is 0 Å². The molecule has 0 aliphatic rings. The second-order valence-corrected chi connectivity index (χ2v) is 8.19. The molecule has 178 valence electrons. The van der Waals surface area contributed by atoms with Crippen LogP contribution in [0.3, 0.4) is 0 Å². The van der Waals surface area contributed by atoms with E-state index in [0.29, 0.717) is 34.6 Å². The summed E-state index contributed by atoms with van der Waals surface area (Å²) in [5.41, 5.74) is 0.867. The number of alkyl halides is 1. The summed E-state index contributed by atoms with van der Waals surface area (Å²) in [7, 11) is 0. The van der Waals surface area contributed by atoms with Crippen LogP contribution in [-0.4, -0.2) is 17.8 Å². The van der Waals surface area contributed by atoms with Gasteiger partial charge in [-0.3, -0.25) is 9.59 Å². The van der Waals surface area contributed by atoms with Gasteiger partial charge in [0.05, 0.1) is 0 Å². The first-order chi connectivity index (χ1) is 15.6. The molecule has 0 bridgehead atoms. The molecule has 4 heteroatoms. The van der Waals surface area contributed by atoms with Gasteiger partial charge in [-0.25, -0.2) is 4.39 Å². The Morgan fingerprint density at radius 1 is 1.24 bits per heavy atom. The van der Waals surface area contributed by atoms with E-state index in [0.717, 1.165) is 38.3 Å². The minimum atomic E-state index is -1.36. The molecule has 0 aliphatic carbocycles. The molecule has 3 nitrogen and oxygen atoms in total. The predicted octanol–water partition coefficient (Wildman–Crippen LogP) is 7.58. The number of Topliss-reactive ketones (excluding diaryl/α,β-unsaturated/α-hetero) is 1. The van der Waals surface area contributed by atoms with Gasteiger partial charge >= 0.3 is 0 Å². The largest absolute Gasteiger partial charge is 0.309 e. The molecule has 2 atom stereocenters. The Kier molecular flexibility index (Phi) is 14.2. The Bertz CT molecular complexity index is 885. The van der Waals surface area contributed by atoms with Crippen molar-refractivity contribution in [2.45, 2.75) is 71.9 Å². The van der Waals surface area contributed by atoms with Crippen LogP contribution < -0.4 is 0 Å². The van der Waals surface area contributed by atoms with Crippen LogP contribution in [0.15, 0.2) is 60.7 Å². The van der Waals surface area contributed by atoms with E-state index in [2.05, 4.69) is 26.0 Å². The van der Waals surface area contributed by atoms with Crippen molar-refractivity contribution in [1.82, 2.24) is 0 Å². The van der Waals surface area contributed by atoms with Gasteiger partial charge in [-0.1, -0.05) is 57.7 Å². The van der Waals surface area contributed by atoms with Gasteiger partial charge in [0.1, 0.15) is 5.67 Å². The molecule has 0 saturated carbocycles. The van der Waals surface area contributed by atoms with Gasteiger partial charge in [0.25, 0.3) is 0 Å². The van der Waals surface area contributed by atoms with Crippen molar-refractivity contribution in [2.75, 3.05) is 0 Å². The van der Waals surface area contributed by atoms with Crippen LogP contribution >= 0.6 is 0 Å². The Balaban J connectivity index is 0.000000633. The lowest BCUT2D eigenvalue weighted by Crippen LogP contribution is -2.13. The Morgan fingerprint density at radius 3 is 2.30 bits per heavy atom. The standard InChI is InChI=1S/C15H18FNO.C14H20O/c1-4-15(3,16)13-7-5-12(6-8-13)14(18)11(2)9-10-17;1-5-9-13(6-2)11-8-10-12(4)14(15)7-3/h5-10,17H,4H2,1-3H3;2,7,13H,3-5,8-11H2,1H3/b11-9+,17-10?;. The van der Waals surface area contributed by atoms with Gasteiger partial charge in [-0.2, -0.15) is 0 Å². The van der Waals surface area contributed by atoms with Crippen LogP contribution in [0.1, 0.15) is 82.1 Å². The highest BCUT2D eigenvalue weighted by molar-refractivity contribution is 6.09. The molecule has 2 unspecified atom stereocenters. The molecule has 0 fully saturated rings. The smallest absolute Gasteiger partial charge is 0.188 e. The predicted molar refractivity (Wildman–Crippen MR) is 137 cm³/mol. The summed E-state index contributed by atoms with van der Waals surface area (Å²) in [4.78, 5) is 23.0. The SMILES string of the molecule is C#CC(CCC)CCCC(=C)C(=O)C=C.CCC(C)(F)c1ccc(C(=O)/C(C)=C/C=N)cc1. The van der Waals surface area contributed by atoms with E-state index in [1.807, 2.05) is 0 Å². The normalized spacial score (nSPS) is 13.4. The van der Waals surface area contributed by atoms with Gasteiger partial charge in [-0.05, 0) is 74.8 Å². The number of carbonyl (C=O) groups excluding carboxylic acids is 2. The van der Waals surface area contributed by atoms with Gasteiger partial charge in [0.15, 0.2) is 11.6 Å². The van der Waals surface area contributed by atoms with Gasteiger partial charge in [0.2, 0.25) is 0 Å². The second-order valence-electron chi connectivity index (χ2n) is 8.19. The van der Waals surface area contributed by atoms with E-state index >= 15 is 0 Å². The second kappa shape index (κ2) is 15.7. The molecule has 0 spiro atoms. The van der Waals surface area contributed by atoms with Gasteiger partial charge < -0.3 is 5.41 Å². The lowest BCUT2D eigenvalue weighted by Gasteiger charge is -2.18. The van der Waals surface area contributed by atoms with Crippen molar-refractivity contribution in [3.63, 3.8) is 0 Å². The quantitative estimate of drug-likeness (QED) is 0.145. The van der Waals surface area contributed by atoms with Crippen molar-refractivity contribution in [3.8, 4) is 12.3 Å². The first-order valence-electron chi connectivity index (χ1n) is 11.4.